The lowest BCUT2D eigenvalue weighted by Crippen LogP contribution is -2.38. The highest BCUT2D eigenvalue weighted by molar-refractivity contribution is 6.31. The van der Waals surface area contributed by atoms with Crippen molar-refractivity contribution < 1.29 is 9.53 Å². The van der Waals surface area contributed by atoms with E-state index in [-0.39, 0.29) is 11.9 Å². The van der Waals surface area contributed by atoms with E-state index >= 15 is 0 Å². The molecule has 1 amide bonds. The highest BCUT2D eigenvalue weighted by atomic mass is 35.5. The Morgan fingerprint density at radius 2 is 2.26 bits per heavy atom. The van der Waals surface area contributed by atoms with Crippen LogP contribution in [0.5, 0.6) is 5.75 Å². The highest BCUT2D eigenvalue weighted by Crippen LogP contribution is 2.30. The average Bonchev–Trinajstić information content (AvgIpc) is 2.78. The molecule has 0 bridgehead atoms. The molecule has 1 fully saturated rings. The van der Waals surface area contributed by atoms with Gasteiger partial charge in [0.15, 0.2) is 0 Å². The van der Waals surface area contributed by atoms with Crippen molar-refractivity contribution in [2.75, 3.05) is 19.5 Å². The molecular weight excluding hydrogens is 285 g/mol. The Morgan fingerprint density at radius 3 is 2.89 bits per heavy atom. The van der Waals surface area contributed by atoms with Crippen LogP contribution in [-0.2, 0) is 0 Å². The maximum absolute atomic E-state index is 12.6. The molecule has 1 heterocycles. The quantitative estimate of drug-likeness (QED) is 0.801. The predicted octanol–water partition coefficient (Wildman–Crippen LogP) is 3.44. The van der Waals surface area contributed by atoms with Crippen molar-refractivity contribution in [3.8, 4) is 5.75 Å². The number of benzene rings is 1. The van der Waals surface area contributed by atoms with E-state index in [1.54, 1.807) is 25.3 Å². The molecule has 0 aliphatic carbocycles. The fourth-order valence-corrected chi connectivity index (χ4v) is 3.14. The lowest BCUT2D eigenvalue weighted by molar-refractivity contribution is 0.0733. The second kappa shape index (κ2) is 6.02. The molecule has 1 saturated heterocycles. The van der Waals surface area contributed by atoms with Crippen LogP contribution in [0.3, 0.4) is 0 Å². The van der Waals surface area contributed by atoms with Crippen molar-refractivity contribution in [3.63, 3.8) is 0 Å². The predicted molar refractivity (Wildman–Crippen MR) is 77.3 cm³/mol. The number of rotatable bonds is 3. The number of amides is 1. The monoisotopic (exact) mass is 301 g/mol. The summed E-state index contributed by atoms with van der Waals surface area (Å²) in [6.07, 6.45) is 0.978. The van der Waals surface area contributed by atoms with Crippen molar-refractivity contribution >= 4 is 29.1 Å². The van der Waals surface area contributed by atoms with Gasteiger partial charge >= 0.3 is 0 Å². The van der Waals surface area contributed by atoms with Crippen LogP contribution in [0.2, 0.25) is 5.02 Å². The van der Waals surface area contributed by atoms with E-state index in [0.717, 1.165) is 13.0 Å². The van der Waals surface area contributed by atoms with Gasteiger partial charge in [0.1, 0.15) is 5.75 Å². The Kier molecular flexibility index (Phi) is 4.58. The topological polar surface area (TPSA) is 29.5 Å². The third kappa shape index (κ3) is 2.82. The molecule has 0 spiro atoms. The van der Waals surface area contributed by atoms with Gasteiger partial charge in [0, 0.05) is 23.5 Å². The van der Waals surface area contributed by atoms with Crippen LogP contribution in [0.1, 0.15) is 23.7 Å². The third-order valence-corrected chi connectivity index (χ3v) is 4.24. The summed E-state index contributed by atoms with van der Waals surface area (Å²) in [5.74, 6) is 1.36. The molecule has 1 aromatic carbocycles. The van der Waals surface area contributed by atoms with Crippen LogP contribution < -0.4 is 4.74 Å². The number of carbonyl (C=O) groups is 1. The van der Waals surface area contributed by atoms with E-state index in [9.17, 15) is 4.79 Å². The number of carbonyl (C=O) groups excluding carboxylic acids is 1. The first-order valence-corrected chi connectivity index (χ1v) is 7.20. The zero-order valence-corrected chi connectivity index (χ0v) is 12.5. The normalized spacial score (nSPS) is 22.6. The van der Waals surface area contributed by atoms with E-state index in [2.05, 4.69) is 6.92 Å². The minimum absolute atomic E-state index is 0.0608. The molecule has 0 aromatic heterocycles. The second-order valence-electron chi connectivity index (χ2n) is 4.83. The first-order chi connectivity index (χ1) is 9.08. The summed E-state index contributed by atoms with van der Waals surface area (Å²) in [5.41, 5.74) is 0.499. The molecule has 5 heteroatoms. The van der Waals surface area contributed by atoms with Gasteiger partial charge in [0.2, 0.25) is 0 Å². The number of nitrogens with zero attached hydrogens (tertiary/aromatic N) is 1. The van der Waals surface area contributed by atoms with E-state index in [1.165, 1.54) is 0 Å². The summed E-state index contributed by atoms with van der Waals surface area (Å²) < 4.78 is 5.24. The molecule has 0 saturated carbocycles. The molecule has 3 nitrogen and oxygen atoms in total. The Morgan fingerprint density at radius 1 is 1.53 bits per heavy atom. The first kappa shape index (κ1) is 14.5. The zero-order chi connectivity index (χ0) is 14.0. The van der Waals surface area contributed by atoms with Crippen LogP contribution in [0.4, 0.5) is 0 Å². The highest BCUT2D eigenvalue weighted by Gasteiger charge is 2.35. The summed E-state index contributed by atoms with van der Waals surface area (Å²) in [6.45, 7) is 2.85. The Hall–Kier alpha value is -0.930. The molecular formula is C14H17Cl2NO2. The Bertz CT molecular complexity index is 479. The molecule has 104 valence electrons. The van der Waals surface area contributed by atoms with Crippen molar-refractivity contribution in [3.05, 3.63) is 28.8 Å². The van der Waals surface area contributed by atoms with Gasteiger partial charge in [-0.05, 0) is 30.5 Å². The summed E-state index contributed by atoms with van der Waals surface area (Å²) in [6, 6.07) is 5.16. The van der Waals surface area contributed by atoms with Crippen molar-refractivity contribution in [2.45, 2.75) is 19.4 Å². The fraction of sp³-hybridized carbons (Fsp3) is 0.500. The number of hydrogen-bond donors (Lipinski definition) is 0. The number of halogens is 2. The molecule has 0 radical (unpaired) electrons. The van der Waals surface area contributed by atoms with Crippen molar-refractivity contribution in [1.29, 1.82) is 0 Å². The molecule has 2 unspecified atom stereocenters. The molecule has 1 aliphatic rings. The molecule has 19 heavy (non-hydrogen) atoms. The third-order valence-electron chi connectivity index (χ3n) is 3.69. The van der Waals surface area contributed by atoms with Gasteiger partial charge in [-0.1, -0.05) is 18.5 Å². The van der Waals surface area contributed by atoms with E-state index in [4.69, 9.17) is 27.9 Å². The van der Waals surface area contributed by atoms with E-state index in [1.807, 2.05) is 4.90 Å². The minimum atomic E-state index is -0.0608. The molecule has 2 atom stereocenters. The van der Waals surface area contributed by atoms with Crippen LogP contribution in [0.25, 0.3) is 0 Å². The SMILES string of the molecule is COc1ccc(Cl)cc1C(=O)N1CCC(C)C1CCl. The fourth-order valence-electron chi connectivity index (χ4n) is 2.50. The largest absolute Gasteiger partial charge is 0.496 e. The molecule has 1 aromatic rings. The Balaban J connectivity index is 2.31. The summed E-state index contributed by atoms with van der Waals surface area (Å²) >= 11 is 12.0. The van der Waals surface area contributed by atoms with Gasteiger partial charge in [-0.3, -0.25) is 4.79 Å². The van der Waals surface area contributed by atoms with Gasteiger partial charge in [-0.15, -0.1) is 11.6 Å². The van der Waals surface area contributed by atoms with Gasteiger partial charge in [-0.2, -0.15) is 0 Å². The van der Waals surface area contributed by atoms with E-state index in [0.29, 0.717) is 28.1 Å². The zero-order valence-electron chi connectivity index (χ0n) is 11.0. The number of hydrogen-bond acceptors (Lipinski definition) is 2. The van der Waals surface area contributed by atoms with Gasteiger partial charge in [0.25, 0.3) is 5.91 Å². The number of methoxy groups -OCH3 is 1. The average molecular weight is 302 g/mol. The van der Waals surface area contributed by atoms with Gasteiger partial charge in [0.05, 0.1) is 12.7 Å². The first-order valence-electron chi connectivity index (χ1n) is 6.29. The maximum Gasteiger partial charge on any atom is 0.257 e. The minimum Gasteiger partial charge on any atom is -0.496 e. The maximum atomic E-state index is 12.6. The second-order valence-corrected chi connectivity index (χ2v) is 5.58. The Labute approximate surface area is 123 Å². The number of ether oxygens (including phenoxy) is 1. The summed E-state index contributed by atoms with van der Waals surface area (Å²) in [7, 11) is 1.55. The molecule has 1 aliphatic heterocycles. The van der Waals surface area contributed by atoms with Crippen LogP contribution >= 0.6 is 23.2 Å². The van der Waals surface area contributed by atoms with Gasteiger partial charge < -0.3 is 9.64 Å². The van der Waals surface area contributed by atoms with Gasteiger partial charge in [-0.25, -0.2) is 0 Å². The van der Waals surface area contributed by atoms with Crippen molar-refractivity contribution in [2.24, 2.45) is 5.92 Å². The van der Waals surface area contributed by atoms with E-state index < -0.39 is 0 Å². The van der Waals surface area contributed by atoms with Crippen LogP contribution in [-0.4, -0.2) is 36.4 Å². The number of likely N-dealkylation sites (tertiary alicyclic amines) is 1. The summed E-state index contributed by atoms with van der Waals surface area (Å²) in [4.78, 5) is 14.4. The molecule has 2 rings (SSSR count). The lowest BCUT2D eigenvalue weighted by atomic mass is 10.0. The number of alkyl halides is 1. The summed E-state index contributed by atoms with van der Waals surface area (Å²) in [5, 5.41) is 0.527. The smallest absolute Gasteiger partial charge is 0.257 e. The van der Waals surface area contributed by atoms with Crippen LogP contribution in [0, 0.1) is 5.92 Å². The van der Waals surface area contributed by atoms with Crippen molar-refractivity contribution in [1.82, 2.24) is 4.90 Å². The molecule has 0 N–H and O–H groups in total. The van der Waals surface area contributed by atoms with Crippen LogP contribution in [0.15, 0.2) is 18.2 Å². The standard InChI is InChI=1S/C14H17Cl2NO2/c1-9-5-6-17(12(9)8-15)14(18)11-7-10(16)3-4-13(11)19-2/h3-4,7,9,12H,5-6,8H2,1-2H3. The lowest BCUT2D eigenvalue weighted by Gasteiger charge is -2.25.